The fourth-order valence-corrected chi connectivity index (χ4v) is 4.89. The minimum atomic E-state index is -1.20. The van der Waals surface area contributed by atoms with E-state index in [4.69, 9.17) is 9.47 Å². The van der Waals surface area contributed by atoms with Crippen LogP contribution in [0.2, 0.25) is 0 Å². The number of fused-ring (bicyclic) bond motifs is 1. The molecule has 0 bridgehead atoms. The number of aromatic nitrogens is 2. The highest BCUT2D eigenvalue weighted by molar-refractivity contribution is 6.01. The van der Waals surface area contributed by atoms with Crippen LogP contribution in [0.4, 0.5) is 0 Å². The lowest BCUT2D eigenvalue weighted by Crippen LogP contribution is -2.64. The van der Waals surface area contributed by atoms with E-state index in [1.54, 1.807) is 25.9 Å². The number of carbonyl (C=O) groups is 3. The van der Waals surface area contributed by atoms with E-state index < -0.39 is 11.5 Å². The maximum Gasteiger partial charge on any atom is 0.358 e. The Morgan fingerprint density at radius 3 is 2.63 bits per heavy atom. The van der Waals surface area contributed by atoms with Gasteiger partial charge in [0.05, 0.1) is 20.3 Å². The zero-order valence-electron chi connectivity index (χ0n) is 20.9. The van der Waals surface area contributed by atoms with Crippen molar-refractivity contribution in [1.29, 1.82) is 0 Å². The van der Waals surface area contributed by atoms with E-state index in [1.807, 2.05) is 24.3 Å². The molecular weight excluding hydrogens is 448 g/mol. The Morgan fingerprint density at radius 1 is 1.20 bits per heavy atom. The Kier molecular flexibility index (Phi) is 7.14. The van der Waals surface area contributed by atoms with Crippen molar-refractivity contribution in [1.82, 2.24) is 20.0 Å². The number of amides is 2. The van der Waals surface area contributed by atoms with Crippen LogP contribution >= 0.6 is 0 Å². The number of carbonyl (C=O) groups excluding carboxylic acids is 3. The number of esters is 1. The van der Waals surface area contributed by atoms with Crippen molar-refractivity contribution >= 4 is 17.8 Å². The van der Waals surface area contributed by atoms with Gasteiger partial charge in [-0.2, -0.15) is 5.10 Å². The summed E-state index contributed by atoms with van der Waals surface area (Å²) in [6.45, 7) is 6.25. The molecule has 0 unspecified atom stereocenters. The first-order valence-corrected chi connectivity index (χ1v) is 12.3. The van der Waals surface area contributed by atoms with Crippen LogP contribution in [0, 0.1) is 5.92 Å². The van der Waals surface area contributed by atoms with Crippen LogP contribution in [0.3, 0.4) is 0 Å². The quantitative estimate of drug-likeness (QED) is 0.608. The van der Waals surface area contributed by atoms with E-state index in [-0.39, 0.29) is 48.9 Å². The highest BCUT2D eigenvalue weighted by Gasteiger charge is 2.48. The van der Waals surface area contributed by atoms with Crippen molar-refractivity contribution in [2.75, 3.05) is 13.7 Å². The molecule has 188 valence electrons. The maximum absolute atomic E-state index is 13.7. The second-order valence-corrected chi connectivity index (χ2v) is 9.74. The summed E-state index contributed by atoms with van der Waals surface area (Å²) in [5.74, 6) is 0.157. The molecule has 1 saturated carbocycles. The zero-order valence-corrected chi connectivity index (χ0v) is 20.9. The summed E-state index contributed by atoms with van der Waals surface area (Å²) < 4.78 is 11.9. The average molecular weight is 483 g/mol. The molecule has 1 atom stereocenters. The maximum atomic E-state index is 13.7. The number of nitrogens with zero attached hydrogens (tertiary/aromatic N) is 3. The van der Waals surface area contributed by atoms with Crippen LogP contribution in [-0.2, 0) is 22.6 Å². The van der Waals surface area contributed by atoms with Gasteiger partial charge >= 0.3 is 5.97 Å². The molecule has 1 N–H and O–H groups in total. The summed E-state index contributed by atoms with van der Waals surface area (Å²) in [5.41, 5.74) is -0.0503. The molecule has 0 saturated heterocycles. The van der Waals surface area contributed by atoms with Crippen molar-refractivity contribution in [3.05, 3.63) is 47.3 Å². The van der Waals surface area contributed by atoms with Gasteiger partial charge in [0.15, 0.2) is 5.69 Å². The molecule has 9 heteroatoms. The smallest absolute Gasteiger partial charge is 0.358 e. The van der Waals surface area contributed by atoms with Crippen LogP contribution in [0.15, 0.2) is 30.3 Å². The Morgan fingerprint density at radius 2 is 1.94 bits per heavy atom. The normalized spacial score (nSPS) is 24.0. The largest absolute Gasteiger partial charge is 0.497 e. The van der Waals surface area contributed by atoms with Crippen molar-refractivity contribution < 1.29 is 23.9 Å². The van der Waals surface area contributed by atoms with Gasteiger partial charge in [0.2, 0.25) is 5.91 Å². The Bertz CT molecular complexity index is 1100. The number of ether oxygens (including phenoxy) is 2. The summed E-state index contributed by atoms with van der Waals surface area (Å²) in [5, 5.41) is 7.52. The molecule has 1 aliphatic carbocycles. The van der Waals surface area contributed by atoms with Crippen molar-refractivity contribution in [3.63, 3.8) is 0 Å². The van der Waals surface area contributed by atoms with E-state index >= 15 is 0 Å². The summed E-state index contributed by atoms with van der Waals surface area (Å²) >= 11 is 0. The van der Waals surface area contributed by atoms with Gasteiger partial charge in [-0.25, -0.2) is 4.79 Å². The van der Waals surface area contributed by atoms with Gasteiger partial charge < -0.3 is 19.7 Å². The zero-order chi connectivity index (χ0) is 25.2. The van der Waals surface area contributed by atoms with Gasteiger partial charge in [-0.1, -0.05) is 19.1 Å². The second kappa shape index (κ2) is 10.1. The number of rotatable bonds is 7. The molecular formula is C26H34N4O5. The van der Waals surface area contributed by atoms with E-state index in [0.29, 0.717) is 11.7 Å². The molecule has 0 radical (unpaired) electrons. The fraction of sp³-hybridized carbons (Fsp3) is 0.538. The number of benzene rings is 1. The summed E-state index contributed by atoms with van der Waals surface area (Å²) in [6, 6.07) is 8.96. The van der Waals surface area contributed by atoms with Crippen molar-refractivity contribution in [2.24, 2.45) is 5.92 Å². The molecule has 1 aromatic carbocycles. The summed E-state index contributed by atoms with van der Waals surface area (Å²) in [7, 11) is 1.59. The highest BCUT2D eigenvalue weighted by Crippen LogP contribution is 2.31. The lowest BCUT2D eigenvalue weighted by atomic mass is 9.86. The van der Waals surface area contributed by atoms with Crippen molar-refractivity contribution in [2.45, 2.75) is 71.1 Å². The predicted molar refractivity (Wildman–Crippen MR) is 129 cm³/mol. The Balaban J connectivity index is 1.67. The molecule has 2 heterocycles. The van der Waals surface area contributed by atoms with Gasteiger partial charge in [-0.05, 0) is 63.1 Å². The predicted octanol–water partition coefficient (Wildman–Crippen LogP) is 3.18. The van der Waals surface area contributed by atoms with E-state index in [2.05, 4.69) is 17.3 Å². The average Bonchev–Trinajstić information content (AvgIpc) is 3.27. The number of hydrogen-bond acceptors (Lipinski definition) is 6. The number of methoxy groups -OCH3 is 1. The van der Waals surface area contributed by atoms with Crippen LogP contribution in [-0.4, -0.2) is 57.8 Å². The molecule has 2 amide bonds. The second-order valence-electron chi connectivity index (χ2n) is 9.74. The molecule has 35 heavy (non-hydrogen) atoms. The standard InChI is InChI=1S/C26H34N4O5/c1-5-35-24(32)21-14-22-23(31)29(15-18-7-6-8-20(13-18)34-4)26(3,16-30(22)28-21)25(33)27-19-11-9-17(2)10-12-19/h6-8,13-14,17,19H,5,9-12,15-16H2,1-4H3,(H,27,33)/t17?,19?,26-/m1/s1. The molecule has 9 nitrogen and oxygen atoms in total. The van der Waals surface area contributed by atoms with Crippen LogP contribution in [0.5, 0.6) is 5.75 Å². The van der Waals surface area contributed by atoms with Gasteiger partial charge in [-0.3, -0.25) is 14.3 Å². The minimum Gasteiger partial charge on any atom is -0.497 e. The van der Waals surface area contributed by atoms with Crippen LogP contribution in [0.1, 0.15) is 73.0 Å². The topological polar surface area (TPSA) is 103 Å². The summed E-state index contributed by atoms with van der Waals surface area (Å²) in [6.07, 6.45) is 3.99. The SMILES string of the molecule is CCOC(=O)c1cc2n(n1)C[C@](C)(C(=O)NC1CCC(C)CC1)N(Cc1cccc(OC)c1)C2=O. The number of hydrogen-bond donors (Lipinski definition) is 1. The molecule has 2 aliphatic rings. The lowest BCUT2D eigenvalue weighted by molar-refractivity contribution is -0.134. The summed E-state index contributed by atoms with van der Waals surface area (Å²) in [4.78, 5) is 41.3. The lowest BCUT2D eigenvalue weighted by Gasteiger charge is -2.44. The molecule has 4 rings (SSSR count). The van der Waals surface area contributed by atoms with Gasteiger partial charge in [0, 0.05) is 18.7 Å². The molecule has 1 fully saturated rings. The van der Waals surface area contributed by atoms with Gasteiger partial charge in [-0.15, -0.1) is 0 Å². The molecule has 1 aromatic heterocycles. The van der Waals surface area contributed by atoms with Gasteiger partial charge in [0.1, 0.15) is 17.0 Å². The fourth-order valence-electron chi connectivity index (χ4n) is 4.89. The first kappa shape index (κ1) is 24.8. The third-order valence-electron chi connectivity index (χ3n) is 7.10. The third-order valence-corrected chi connectivity index (χ3v) is 7.10. The highest BCUT2D eigenvalue weighted by atomic mass is 16.5. The number of nitrogens with one attached hydrogen (secondary N) is 1. The first-order valence-electron chi connectivity index (χ1n) is 12.3. The monoisotopic (exact) mass is 482 g/mol. The van der Waals surface area contributed by atoms with Crippen LogP contribution in [0.25, 0.3) is 0 Å². The Hall–Kier alpha value is -3.36. The first-order chi connectivity index (χ1) is 16.7. The van der Waals surface area contributed by atoms with E-state index in [0.717, 1.165) is 31.2 Å². The van der Waals surface area contributed by atoms with Gasteiger partial charge in [0.25, 0.3) is 5.91 Å². The third kappa shape index (κ3) is 5.04. The Labute approximate surface area is 205 Å². The van der Waals surface area contributed by atoms with Crippen molar-refractivity contribution in [3.8, 4) is 5.75 Å². The molecule has 2 aromatic rings. The van der Waals surface area contributed by atoms with Crippen LogP contribution < -0.4 is 10.1 Å². The van der Waals surface area contributed by atoms with E-state index in [1.165, 1.54) is 10.7 Å². The molecule has 1 aliphatic heterocycles. The minimum absolute atomic E-state index is 0.0578. The molecule has 0 spiro atoms. The van der Waals surface area contributed by atoms with E-state index in [9.17, 15) is 14.4 Å².